The summed E-state index contributed by atoms with van der Waals surface area (Å²) in [5, 5.41) is 3.96. The number of rotatable bonds is 7. The Morgan fingerprint density at radius 2 is 2.10 bits per heavy atom. The molecule has 2 aromatic rings. The lowest BCUT2D eigenvalue weighted by Crippen LogP contribution is -2.25. The molecule has 106 valence electrons. The number of hydrogen-bond acceptors (Lipinski definition) is 5. The molecule has 0 aliphatic heterocycles. The quantitative estimate of drug-likeness (QED) is 0.834. The zero-order valence-electron chi connectivity index (χ0n) is 11.4. The summed E-state index contributed by atoms with van der Waals surface area (Å²) in [4.78, 5) is 4.35. The second kappa shape index (κ2) is 6.05. The largest absolute Gasteiger partial charge is 0.493 e. The van der Waals surface area contributed by atoms with Crippen molar-refractivity contribution in [1.82, 2.24) is 10.1 Å². The first kappa shape index (κ1) is 13.1. The predicted octanol–water partition coefficient (Wildman–Crippen LogP) is 1.97. The van der Waals surface area contributed by atoms with Gasteiger partial charge in [0.05, 0.1) is 6.61 Å². The van der Waals surface area contributed by atoms with E-state index in [0.29, 0.717) is 37.1 Å². The third-order valence-corrected chi connectivity index (χ3v) is 3.49. The lowest BCUT2D eigenvalue weighted by atomic mass is 10.1. The Morgan fingerprint density at radius 1 is 1.30 bits per heavy atom. The van der Waals surface area contributed by atoms with Crippen molar-refractivity contribution >= 4 is 0 Å². The van der Waals surface area contributed by atoms with Crippen molar-refractivity contribution in [2.24, 2.45) is 11.7 Å². The van der Waals surface area contributed by atoms with Gasteiger partial charge in [-0.2, -0.15) is 4.98 Å². The molecule has 1 unspecified atom stereocenters. The van der Waals surface area contributed by atoms with Crippen molar-refractivity contribution < 1.29 is 9.26 Å². The Kier molecular flexibility index (Phi) is 3.97. The van der Waals surface area contributed by atoms with Gasteiger partial charge >= 0.3 is 0 Å². The number of hydrogen-bond donors (Lipinski definition) is 1. The van der Waals surface area contributed by atoms with E-state index < -0.39 is 0 Å². The smallest absolute Gasteiger partial charge is 0.228 e. The molecular weight excluding hydrogens is 254 g/mol. The minimum absolute atomic E-state index is 0.156. The van der Waals surface area contributed by atoms with Crippen molar-refractivity contribution in [1.29, 1.82) is 0 Å². The first-order valence-electron chi connectivity index (χ1n) is 7.06. The van der Waals surface area contributed by atoms with Crippen LogP contribution in [0.1, 0.15) is 24.6 Å². The second-order valence-electron chi connectivity index (χ2n) is 5.22. The molecule has 0 radical (unpaired) electrons. The summed E-state index contributed by atoms with van der Waals surface area (Å²) in [5.74, 6) is 2.82. The normalized spacial score (nSPS) is 16.1. The molecule has 1 aromatic heterocycles. The topological polar surface area (TPSA) is 74.2 Å². The number of nitrogens with two attached hydrogens (primary N) is 1. The summed E-state index contributed by atoms with van der Waals surface area (Å²) in [7, 11) is 0. The minimum atomic E-state index is 0.156. The predicted molar refractivity (Wildman–Crippen MR) is 74.3 cm³/mol. The van der Waals surface area contributed by atoms with Crippen molar-refractivity contribution in [3.05, 3.63) is 42.0 Å². The van der Waals surface area contributed by atoms with Crippen LogP contribution in [0.5, 0.6) is 5.75 Å². The Balaban J connectivity index is 1.45. The van der Waals surface area contributed by atoms with Gasteiger partial charge in [0, 0.05) is 18.9 Å². The SMILES string of the molecule is NC(Cc1nc(CCOc2ccccc2)no1)C1CC1. The molecule has 5 heteroatoms. The van der Waals surface area contributed by atoms with E-state index in [9.17, 15) is 0 Å². The highest BCUT2D eigenvalue weighted by atomic mass is 16.5. The van der Waals surface area contributed by atoms with Gasteiger partial charge < -0.3 is 15.0 Å². The van der Waals surface area contributed by atoms with Crippen molar-refractivity contribution in [3.8, 4) is 5.75 Å². The molecule has 5 nitrogen and oxygen atoms in total. The van der Waals surface area contributed by atoms with E-state index in [-0.39, 0.29) is 6.04 Å². The van der Waals surface area contributed by atoms with E-state index >= 15 is 0 Å². The van der Waals surface area contributed by atoms with E-state index in [2.05, 4.69) is 10.1 Å². The van der Waals surface area contributed by atoms with Gasteiger partial charge in [-0.3, -0.25) is 0 Å². The van der Waals surface area contributed by atoms with E-state index in [0.717, 1.165) is 5.75 Å². The minimum Gasteiger partial charge on any atom is -0.493 e. The van der Waals surface area contributed by atoms with Gasteiger partial charge in [0.25, 0.3) is 0 Å². The zero-order valence-corrected chi connectivity index (χ0v) is 11.4. The average molecular weight is 273 g/mol. The van der Waals surface area contributed by atoms with Crippen LogP contribution < -0.4 is 10.5 Å². The Morgan fingerprint density at radius 3 is 2.85 bits per heavy atom. The first-order chi connectivity index (χ1) is 9.81. The third kappa shape index (κ3) is 3.57. The van der Waals surface area contributed by atoms with Gasteiger partial charge in [-0.1, -0.05) is 23.4 Å². The summed E-state index contributed by atoms with van der Waals surface area (Å²) >= 11 is 0. The number of ether oxygens (including phenoxy) is 1. The maximum atomic E-state index is 6.04. The van der Waals surface area contributed by atoms with Crippen LogP contribution in [0.2, 0.25) is 0 Å². The Labute approximate surface area is 118 Å². The molecule has 3 rings (SSSR count). The lowest BCUT2D eigenvalue weighted by molar-refractivity contribution is 0.313. The van der Waals surface area contributed by atoms with Crippen LogP contribution in [0, 0.1) is 5.92 Å². The fourth-order valence-electron chi connectivity index (χ4n) is 2.14. The monoisotopic (exact) mass is 273 g/mol. The van der Waals surface area contributed by atoms with E-state index in [1.54, 1.807) is 0 Å². The van der Waals surface area contributed by atoms with E-state index in [4.69, 9.17) is 15.0 Å². The molecule has 2 N–H and O–H groups in total. The summed E-state index contributed by atoms with van der Waals surface area (Å²) in [6.07, 6.45) is 3.77. The second-order valence-corrected chi connectivity index (χ2v) is 5.22. The van der Waals surface area contributed by atoms with Crippen molar-refractivity contribution in [2.75, 3.05) is 6.61 Å². The number of para-hydroxylation sites is 1. The number of benzene rings is 1. The molecule has 1 aliphatic carbocycles. The highest BCUT2D eigenvalue weighted by molar-refractivity contribution is 5.20. The standard InChI is InChI=1S/C15H19N3O2/c16-13(11-6-7-11)10-15-17-14(18-20-15)8-9-19-12-4-2-1-3-5-12/h1-5,11,13H,6-10,16H2. The average Bonchev–Trinajstić information content (AvgIpc) is 3.23. The molecule has 0 saturated heterocycles. The van der Waals surface area contributed by atoms with Gasteiger partial charge in [0.1, 0.15) is 5.75 Å². The maximum Gasteiger partial charge on any atom is 0.228 e. The Bertz CT molecular complexity index is 537. The summed E-state index contributed by atoms with van der Waals surface area (Å²) < 4.78 is 10.8. The van der Waals surface area contributed by atoms with Gasteiger partial charge in [0.2, 0.25) is 5.89 Å². The summed E-state index contributed by atoms with van der Waals surface area (Å²) in [5.41, 5.74) is 6.04. The lowest BCUT2D eigenvalue weighted by Gasteiger charge is -2.04. The third-order valence-electron chi connectivity index (χ3n) is 3.49. The van der Waals surface area contributed by atoms with Crippen LogP contribution in [-0.4, -0.2) is 22.8 Å². The molecular formula is C15H19N3O2. The van der Waals surface area contributed by atoms with Crippen LogP contribution >= 0.6 is 0 Å². The van der Waals surface area contributed by atoms with Crippen LogP contribution in [-0.2, 0) is 12.8 Å². The van der Waals surface area contributed by atoms with Crippen LogP contribution in [0.3, 0.4) is 0 Å². The molecule has 1 saturated carbocycles. The number of aromatic nitrogens is 2. The highest BCUT2D eigenvalue weighted by Crippen LogP contribution is 2.32. The maximum absolute atomic E-state index is 6.04. The fourth-order valence-corrected chi connectivity index (χ4v) is 2.14. The molecule has 0 spiro atoms. The molecule has 1 aromatic carbocycles. The molecule has 0 amide bonds. The van der Waals surface area contributed by atoms with Crippen molar-refractivity contribution in [2.45, 2.75) is 31.7 Å². The van der Waals surface area contributed by atoms with E-state index in [1.165, 1.54) is 12.8 Å². The Hall–Kier alpha value is -1.88. The fraction of sp³-hybridized carbons (Fsp3) is 0.467. The van der Waals surface area contributed by atoms with Crippen LogP contribution in [0.25, 0.3) is 0 Å². The molecule has 1 atom stereocenters. The molecule has 0 bridgehead atoms. The molecule has 20 heavy (non-hydrogen) atoms. The van der Waals surface area contributed by atoms with Gasteiger partial charge in [0.15, 0.2) is 5.82 Å². The zero-order chi connectivity index (χ0) is 13.8. The number of nitrogens with zero attached hydrogens (tertiary/aromatic N) is 2. The van der Waals surface area contributed by atoms with Crippen molar-refractivity contribution in [3.63, 3.8) is 0 Å². The molecule has 1 aliphatic rings. The molecule has 1 fully saturated rings. The summed E-state index contributed by atoms with van der Waals surface area (Å²) in [6, 6.07) is 9.86. The first-order valence-corrected chi connectivity index (χ1v) is 7.06. The summed E-state index contributed by atoms with van der Waals surface area (Å²) in [6.45, 7) is 0.539. The highest BCUT2D eigenvalue weighted by Gasteiger charge is 2.29. The van der Waals surface area contributed by atoms with E-state index in [1.807, 2.05) is 30.3 Å². The van der Waals surface area contributed by atoms with Gasteiger partial charge in [-0.25, -0.2) is 0 Å². The van der Waals surface area contributed by atoms with Crippen LogP contribution in [0.15, 0.2) is 34.9 Å². The van der Waals surface area contributed by atoms with Crippen LogP contribution in [0.4, 0.5) is 0 Å². The van der Waals surface area contributed by atoms with Gasteiger partial charge in [-0.15, -0.1) is 0 Å². The molecule has 1 heterocycles. The van der Waals surface area contributed by atoms with Gasteiger partial charge in [-0.05, 0) is 30.9 Å².